The summed E-state index contributed by atoms with van der Waals surface area (Å²) in [6.45, 7) is 3.12. The molecular weight excluding hydrogens is 226 g/mol. The van der Waals surface area contributed by atoms with Crippen molar-refractivity contribution in [3.63, 3.8) is 0 Å². The van der Waals surface area contributed by atoms with Crippen LogP contribution in [0.4, 0.5) is 0 Å². The molecule has 5 heteroatoms. The molecule has 84 valence electrons. The third kappa shape index (κ3) is 3.16. The molecule has 0 spiro atoms. The van der Waals surface area contributed by atoms with Crippen molar-refractivity contribution in [1.82, 2.24) is 14.9 Å². The van der Waals surface area contributed by atoms with Gasteiger partial charge < -0.3 is 5.32 Å². The maximum absolute atomic E-state index is 4.05. The lowest BCUT2D eigenvalue weighted by Crippen LogP contribution is -2.33. The number of thioether (sulfide) groups is 1. The summed E-state index contributed by atoms with van der Waals surface area (Å²) in [6.07, 6.45) is 4.05. The van der Waals surface area contributed by atoms with Gasteiger partial charge in [0.25, 0.3) is 0 Å². The molecule has 15 heavy (non-hydrogen) atoms. The topological polar surface area (TPSA) is 37.8 Å². The van der Waals surface area contributed by atoms with Crippen molar-refractivity contribution in [3.8, 4) is 0 Å². The van der Waals surface area contributed by atoms with Crippen molar-refractivity contribution < 1.29 is 0 Å². The molecule has 0 aromatic carbocycles. The predicted molar refractivity (Wildman–Crippen MR) is 66.3 cm³/mol. The fourth-order valence-corrected chi connectivity index (χ4v) is 3.75. The van der Waals surface area contributed by atoms with Gasteiger partial charge in [0, 0.05) is 23.2 Å². The molecule has 2 rings (SSSR count). The highest BCUT2D eigenvalue weighted by Crippen LogP contribution is 2.29. The van der Waals surface area contributed by atoms with E-state index in [1.54, 1.807) is 0 Å². The second-order valence-electron chi connectivity index (χ2n) is 3.81. The highest BCUT2D eigenvalue weighted by molar-refractivity contribution is 7.99. The van der Waals surface area contributed by atoms with E-state index in [2.05, 4.69) is 33.6 Å². The molecule has 1 heterocycles. The SMILES string of the molecule is CCSC1CCCC1NCc1csnn1. The molecule has 0 bridgehead atoms. The van der Waals surface area contributed by atoms with Gasteiger partial charge in [-0.25, -0.2) is 0 Å². The van der Waals surface area contributed by atoms with Gasteiger partial charge in [-0.3, -0.25) is 0 Å². The Hall–Kier alpha value is -0.130. The smallest absolute Gasteiger partial charge is 0.0893 e. The van der Waals surface area contributed by atoms with Crippen LogP contribution in [-0.4, -0.2) is 26.6 Å². The fourth-order valence-electron chi connectivity index (χ4n) is 2.07. The Morgan fingerprint density at radius 1 is 1.60 bits per heavy atom. The molecule has 0 aliphatic heterocycles. The first kappa shape index (κ1) is 11.4. The van der Waals surface area contributed by atoms with Crippen LogP contribution in [0.3, 0.4) is 0 Å². The van der Waals surface area contributed by atoms with E-state index in [-0.39, 0.29) is 0 Å². The molecule has 1 fully saturated rings. The molecule has 1 aliphatic rings. The molecule has 1 N–H and O–H groups in total. The van der Waals surface area contributed by atoms with Gasteiger partial charge in [-0.1, -0.05) is 17.8 Å². The van der Waals surface area contributed by atoms with Crippen molar-refractivity contribution in [2.75, 3.05) is 5.75 Å². The van der Waals surface area contributed by atoms with Crippen molar-refractivity contribution in [3.05, 3.63) is 11.1 Å². The van der Waals surface area contributed by atoms with Crippen molar-refractivity contribution in [1.29, 1.82) is 0 Å². The second-order valence-corrected chi connectivity index (χ2v) is 5.93. The highest BCUT2D eigenvalue weighted by atomic mass is 32.2. The van der Waals surface area contributed by atoms with E-state index in [0.29, 0.717) is 6.04 Å². The lowest BCUT2D eigenvalue weighted by atomic mass is 10.2. The third-order valence-electron chi connectivity index (χ3n) is 2.78. The molecule has 1 aliphatic carbocycles. The summed E-state index contributed by atoms with van der Waals surface area (Å²) in [7, 11) is 0. The van der Waals surface area contributed by atoms with Crippen LogP contribution in [0.25, 0.3) is 0 Å². The van der Waals surface area contributed by atoms with Gasteiger partial charge in [-0.15, -0.1) is 5.10 Å². The molecule has 1 aromatic rings. The van der Waals surface area contributed by atoms with Crippen LogP contribution in [0, 0.1) is 0 Å². The monoisotopic (exact) mass is 243 g/mol. The quantitative estimate of drug-likeness (QED) is 0.861. The lowest BCUT2D eigenvalue weighted by Gasteiger charge is -2.19. The Balaban J connectivity index is 1.78. The summed E-state index contributed by atoms with van der Waals surface area (Å²) in [6, 6.07) is 0.677. The van der Waals surface area contributed by atoms with E-state index < -0.39 is 0 Å². The van der Waals surface area contributed by atoms with Crippen LogP contribution in [0.15, 0.2) is 5.38 Å². The maximum Gasteiger partial charge on any atom is 0.0893 e. The standard InChI is InChI=1S/C10H17N3S2/c1-2-14-10-5-3-4-9(10)11-6-8-7-15-13-12-8/h7,9-11H,2-6H2,1H3. The van der Waals surface area contributed by atoms with E-state index in [1.807, 2.05) is 5.38 Å². The van der Waals surface area contributed by atoms with E-state index in [1.165, 1.54) is 36.5 Å². The highest BCUT2D eigenvalue weighted by Gasteiger charge is 2.26. The first-order valence-electron chi connectivity index (χ1n) is 5.51. The number of nitrogens with one attached hydrogen (secondary N) is 1. The average Bonchev–Trinajstić information content (AvgIpc) is 2.85. The van der Waals surface area contributed by atoms with E-state index in [4.69, 9.17) is 0 Å². The van der Waals surface area contributed by atoms with Crippen LogP contribution in [0.5, 0.6) is 0 Å². The van der Waals surface area contributed by atoms with Gasteiger partial charge in [0.15, 0.2) is 0 Å². The molecule has 0 amide bonds. The second kappa shape index (κ2) is 5.82. The largest absolute Gasteiger partial charge is 0.307 e. The number of hydrogen-bond donors (Lipinski definition) is 1. The Bertz CT molecular complexity index is 276. The fraction of sp³-hybridized carbons (Fsp3) is 0.800. The van der Waals surface area contributed by atoms with Crippen molar-refractivity contribution in [2.45, 2.75) is 44.0 Å². The maximum atomic E-state index is 4.05. The van der Waals surface area contributed by atoms with Gasteiger partial charge in [0.2, 0.25) is 0 Å². The Kier molecular flexibility index (Phi) is 4.41. The van der Waals surface area contributed by atoms with Crippen LogP contribution < -0.4 is 5.32 Å². The van der Waals surface area contributed by atoms with Crippen molar-refractivity contribution in [2.24, 2.45) is 0 Å². The Morgan fingerprint density at radius 3 is 3.27 bits per heavy atom. The summed E-state index contributed by atoms with van der Waals surface area (Å²) in [5.41, 5.74) is 1.08. The molecule has 2 unspecified atom stereocenters. The molecular formula is C10H17N3S2. The van der Waals surface area contributed by atoms with Crippen LogP contribution >= 0.6 is 23.3 Å². The zero-order valence-corrected chi connectivity index (χ0v) is 10.6. The minimum atomic E-state index is 0.677. The zero-order chi connectivity index (χ0) is 10.5. The van der Waals surface area contributed by atoms with Crippen LogP contribution in [0.2, 0.25) is 0 Å². The van der Waals surface area contributed by atoms with Crippen molar-refractivity contribution >= 4 is 23.3 Å². The summed E-state index contributed by atoms with van der Waals surface area (Å²) in [5, 5.41) is 10.5. The number of nitrogens with zero attached hydrogens (tertiary/aromatic N) is 2. The average molecular weight is 243 g/mol. The molecule has 2 atom stereocenters. The minimum Gasteiger partial charge on any atom is -0.307 e. The normalized spacial score (nSPS) is 25.9. The Morgan fingerprint density at radius 2 is 2.53 bits per heavy atom. The van der Waals surface area contributed by atoms with Gasteiger partial charge in [-0.2, -0.15) is 11.8 Å². The molecule has 3 nitrogen and oxygen atoms in total. The van der Waals surface area contributed by atoms with E-state index in [9.17, 15) is 0 Å². The minimum absolute atomic E-state index is 0.677. The summed E-state index contributed by atoms with van der Waals surface area (Å²) >= 11 is 3.52. The summed E-state index contributed by atoms with van der Waals surface area (Å²) in [4.78, 5) is 0. The first-order valence-corrected chi connectivity index (χ1v) is 7.39. The summed E-state index contributed by atoms with van der Waals surface area (Å²) < 4.78 is 3.87. The van der Waals surface area contributed by atoms with Gasteiger partial charge in [-0.05, 0) is 30.1 Å². The number of hydrogen-bond acceptors (Lipinski definition) is 5. The Labute approximate surface area is 99.2 Å². The number of aromatic nitrogens is 2. The van der Waals surface area contributed by atoms with Crippen LogP contribution in [-0.2, 0) is 6.54 Å². The predicted octanol–water partition coefficient (Wildman–Crippen LogP) is 2.30. The third-order valence-corrected chi connectivity index (χ3v) is 4.66. The molecule has 0 saturated heterocycles. The lowest BCUT2D eigenvalue weighted by molar-refractivity contribution is 0.526. The summed E-state index contributed by atoms with van der Waals surface area (Å²) in [5.74, 6) is 1.22. The van der Waals surface area contributed by atoms with Gasteiger partial charge in [0.05, 0.1) is 5.69 Å². The molecule has 0 radical (unpaired) electrons. The van der Waals surface area contributed by atoms with E-state index >= 15 is 0 Å². The molecule has 1 aromatic heterocycles. The van der Waals surface area contributed by atoms with Gasteiger partial charge in [0.1, 0.15) is 0 Å². The first-order chi connectivity index (χ1) is 7.40. The molecule has 1 saturated carbocycles. The van der Waals surface area contributed by atoms with E-state index in [0.717, 1.165) is 17.5 Å². The zero-order valence-electron chi connectivity index (χ0n) is 8.98. The van der Waals surface area contributed by atoms with Crippen LogP contribution in [0.1, 0.15) is 31.9 Å². The van der Waals surface area contributed by atoms with Gasteiger partial charge >= 0.3 is 0 Å². The number of rotatable bonds is 5.